The summed E-state index contributed by atoms with van der Waals surface area (Å²) >= 11 is 13.3. The number of anilines is 1. The van der Waals surface area contributed by atoms with E-state index in [1.807, 2.05) is 0 Å². The van der Waals surface area contributed by atoms with Crippen LogP contribution in [0.2, 0.25) is 5.02 Å². The van der Waals surface area contributed by atoms with E-state index in [1.54, 1.807) is 6.07 Å². The number of alkyl halides is 1. The monoisotopic (exact) mass is 415 g/mol. The van der Waals surface area contributed by atoms with Gasteiger partial charge in [0.15, 0.2) is 0 Å². The summed E-state index contributed by atoms with van der Waals surface area (Å²) in [4.78, 5) is 12.9. The van der Waals surface area contributed by atoms with Gasteiger partial charge in [-0.05, 0) is 62.1 Å². The van der Waals surface area contributed by atoms with Crippen LogP contribution in [0, 0.1) is 11.6 Å². The predicted octanol–water partition coefficient (Wildman–Crippen LogP) is 6.51. The maximum atomic E-state index is 14.2. The maximum absolute atomic E-state index is 14.2. The number of thioether (sulfide) groups is 1. The number of hydrogen-bond acceptors (Lipinski definition) is 2. The zero-order valence-corrected chi connectivity index (χ0v) is 16.1. The van der Waals surface area contributed by atoms with Crippen molar-refractivity contribution in [1.29, 1.82) is 0 Å². The molecule has 26 heavy (non-hydrogen) atoms. The minimum absolute atomic E-state index is 0.0759. The van der Waals surface area contributed by atoms with Crippen LogP contribution in [0.1, 0.15) is 36.0 Å². The Kier molecular flexibility index (Phi) is 6.43. The molecule has 0 aliphatic heterocycles. The van der Waals surface area contributed by atoms with Gasteiger partial charge < -0.3 is 5.32 Å². The summed E-state index contributed by atoms with van der Waals surface area (Å²) in [6, 6.07) is 8.20. The van der Waals surface area contributed by atoms with E-state index >= 15 is 0 Å². The van der Waals surface area contributed by atoms with Gasteiger partial charge in [0.25, 0.3) is 5.91 Å². The van der Waals surface area contributed by atoms with Crippen molar-refractivity contribution in [2.45, 2.75) is 41.2 Å². The number of amides is 1. The fraction of sp³-hybridized carbons (Fsp3) is 0.316. The third kappa shape index (κ3) is 4.90. The fourth-order valence-electron chi connectivity index (χ4n) is 2.83. The number of rotatable bonds is 4. The zero-order chi connectivity index (χ0) is 18.7. The van der Waals surface area contributed by atoms with Crippen molar-refractivity contribution in [2.24, 2.45) is 0 Å². The first-order chi connectivity index (χ1) is 12.4. The average Bonchev–Trinajstić information content (AvgIpc) is 2.62. The maximum Gasteiger partial charge on any atom is 0.255 e. The lowest BCUT2D eigenvalue weighted by Gasteiger charge is -2.24. The number of carbonyl (C=O) groups excluding carboxylic acids is 1. The summed E-state index contributed by atoms with van der Waals surface area (Å²) in [7, 11) is 0. The molecule has 1 aliphatic rings. The molecule has 0 bridgehead atoms. The molecule has 0 saturated heterocycles. The highest BCUT2D eigenvalue weighted by atomic mass is 35.5. The van der Waals surface area contributed by atoms with Crippen molar-refractivity contribution >= 4 is 46.6 Å². The van der Waals surface area contributed by atoms with E-state index in [2.05, 4.69) is 5.32 Å². The normalized spacial score (nSPS) is 20.0. The van der Waals surface area contributed by atoms with E-state index in [4.69, 9.17) is 23.2 Å². The number of benzene rings is 2. The van der Waals surface area contributed by atoms with Crippen molar-refractivity contribution in [2.75, 3.05) is 5.32 Å². The van der Waals surface area contributed by atoms with Crippen LogP contribution in [0.3, 0.4) is 0 Å². The van der Waals surface area contributed by atoms with E-state index in [0.717, 1.165) is 25.7 Å². The molecule has 0 atom stereocenters. The Morgan fingerprint density at radius 2 is 1.73 bits per heavy atom. The molecule has 2 nitrogen and oxygen atoms in total. The van der Waals surface area contributed by atoms with Crippen molar-refractivity contribution in [3.63, 3.8) is 0 Å². The minimum atomic E-state index is -0.559. The summed E-state index contributed by atoms with van der Waals surface area (Å²) in [6.45, 7) is 0. The molecule has 1 aliphatic carbocycles. The van der Waals surface area contributed by atoms with E-state index in [-0.39, 0.29) is 16.2 Å². The highest BCUT2D eigenvalue weighted by Gasteiger charge is 2.22. The topological polar surface area (TPSA) is 29.1 Å². The van der Waals surface area contributed by atoms with Gasteiger partial charge in [0, 0.05) is 26.8 Å². The first-order valence-electron chi connectivity index (χ1n) is 8.29. The van der Waals surface area contributed by atoms with Crippen LogP contribution in [0.4, 0.5) is 14.5 Å². The van der Waals surface area contributed by atoms with Gasteiger partial charge in [-0.25, -0.2) is 8.78 Å². The van der Waals surface area contributed by atoms with Crippen LogP contribution in [0.5, 0.6) is 0 Å². The van der Waals surface area contributed by atoms with Crippen molar-refractivity contribution < 1.29 is 13.6 Å². The summed E-state index contributed by atoms with van der Waals surface area (Å²) in [6.07, 6.45) is 3.71. The van der Waals surface area contributed by atoms with Crippen LogP contribution in [0.25, 0.3) is 0 Å². The van der Waals surface area contributed by atoms with Gasteiger partial charge in [-0.3, -0.25) is 4.79 Å². The fourth-order valence-corrected chi connectivity index (χ4v) is 4.51. The van der Waals surface area contributed by atoms with E-state index in [9.17, 15) is 13.6 Å². The summed E-state index contributed by atoms with van der Waals surface area (Å²) in [5, 5.41) is 3.07. The number of nitrogens with one attached hydrogen (secondary N) is 1. The van der Waals surface area contributed by atoms with Crippen molar-refractivity contribution in [1.82, 2.24) is 0 Å². The first-order valence-corrected chi connectivity index (χ1v) is 9.98. The highest BCUT2D eigenvalue weighted by Crippen LogP contribution is 2.36. The van der Waals surface area contributed by atoms with Gasteiger partial charge >= 0.3 is 0 Å². The third-order valence-corrected chi connectivity index (χ3v) is 6.37. The molecule has 7 heteroatoms. The van der Waals surface area contributed by atoms with Gasteiger partial charge in [-0.1, -0.05) is 11.6 Å². The molecule has 0 radical (unpaired) electrons. The standard InChI is InChI=1S/C19H17Cl2F2NOS/c20-12-2-5-14(6-3-12)26-18-9-11(1-7-17(18)23)19(25)24-13-4-8-16(22)15(21)10-13/h1,4,7-10,12,14H,2-3,5-6H2,(H,24,25). The minimum Gasteiger partial charge on any atom is -0.322 e. The van der Waals surface area contributed by atoms with Gasteiger partial charge in [-0.2, -0.15) is 0 Å². The largest absolute Gasteiger partial charge is 0.322 e. The molecule has 0 aromatic heterocycles. The van der Waals surface area contributed by atoms with Crippen molar-refractivity contribution in [3.8, 4) is 0 Å². The average molecular weight is 416 g/mol. The zero-order valence-electron chi connectivity index (χ0n) is 13.8. The van der Waals surface area contributed by atoms with Gasteiger partial charge in [0.05, 0.1) is 5.02 Å². The molecule has 3 rings (SSSR count). The molecular formula is C19H17Cl2F2NOS. The molecule has 1 saturated carbocycles. The van der Waals surface area contributed by atoms with Crippen LogP contribution in [-0.4, -0.2) is 16.5 Å². The van der Waals surface area contributed by atoms with Gasteiger partial charge in [0.1, 0.15) is 11.6 Å². The first kappa shape index (κ1) is 19.5. The van der Waals surface area contributed by atoms with Gasteiger partial charge in [0.2, 0.25) is 0 Å². The molecular weight excluding hydrogens is 399 g/mol. The molecule has 138 valence electrons. The second-order valence-electron chi connectivity index (χ2n) is 6.22. The Labute approximate surface area is 165 Å². The highest BCUT2D eigenvalue weighted by molar-refractivity contribution is 8.00. The van der Waals surface area contributed by atoms with E-state index in [1.165, 1.54) is 42.1 Å². The van der Waals surface area contributed by atoms with Crippen LogP contribution in [0.15, 0.2) is 41.3 Å². The van der Waals surface area contributed by atoms with E-state index < -0.39 is 11.7 Å². The third-order valence-electron chi connectivity index (χ3n) is 4.27. The Balaban J connectivity index is 1.71. The summed E-state index contributed by atoms with van der Waals surface area (Å²) in [5.41, 5.74) is 0.709. The number of carbonyl (C=O) groups is 1. The predicted molar refractivity (Wildman–Crippen MR) is 104 cm³/mol. The van der Waals surface area contributed by atoms with Crippen LogP contribution in [-0.2, 0) is 0 Å². The quantitative estimate of drug-likeness (QED) is 0.576. The molecule has 0 spiro atoms. The molecule has 0 heterocycles. The lowest BCUT2D eigenvalue weighted by atomic mass is 10.00. The second-order valence-corrected chi connectivity index (χ2v) is 8.59. The van der Waals surface area contributed by atoms with Crippen LogP contribution < -0.4 is 5.32 Å². The second kappa shape index (κ2) is 8.59. The number of halogens is 4. The van der Waals surface area contributed by atoms with E-state index in [0.29, 0.717) is 21.4 Å². The Morgan fingerprint density at radius 1 is 1.04 bits per heavy atom. The van der Waals surface area contributed by atoms with Gasteiger partial charge in [-0.15, -0.1) is 23.4 Å². The smallest absolute Gasteiger partial charge is 0.255 e. The Morgan fingerprint density at radius 3 is 2.42 bits per heavy atom. The Hall–Kier alpha value is -1.30. The lowest BCUT2D eigenvalue weighted by molar-refractivity contribution is 0.102. The molecule has 1 fully saturated rings. The molecule has 2 aromatic carbocycles. The molecule has 0 unspecified atom stereocenters. The van der Waals surface area contributed by atoms with Crippen molar-refractivity contribution in [3.05, 3.63) is 58.6 Å². The summed E-state index contributed by atoms with van der Waals surface area (Å²) < 4.78 is 27.4. The summed E-state index contributed by atoms with van der Waals surface area (Å²) in [5.74, 6) is -1.31. The Bertz CT molecular complexity index is 810. The lowest BCUT2D eigenvalue weighted by Crippen LogP contribution is -2.16. The molecule has 1 N–H and O–H groups in total. The molecule has 1 amide bonds. The number of hydrogen-bond donors (Lipinski definition) is 1. The molecule has 2 aromatic rings. The SMILES string of the molecule is O=C(Nc1ccc(F)c(Cl)c1)c1ccc(F)c(SC2CCC(Cl)CC2)c1. The van der Waals surface area contributed by atoms with Crippen LogP contribution >= 0.6 is 35.0 Å².